The minimum absolute atomic E-state index is 0.0354. The topological polar surface area (TPSA) is 82.0 Å². The predicted octanol–water partition coefficient (Wildman–Crippen LogP) is 2.52. The highest BCUT2D eigenvalue weighted by molar-refractivity contribution is 6.34. The summed E-state index contributed by atoms with van der Waals surface area (Å²) in [6, 6.07) is 11.5. The minimum Gasteiger partial charge on any atom is -0.545 e. The lowest BCUT2D eigenvalue weighted by Gasteiger charge is -2.14. The molecular weight excluding hydrogens is 356 g/mol. The second-order valence-corrected chi connectivity index (χ2v) is 6.00. The molecule has 0 unspecified atom stereocenters. The maximum Gasteiger partial charge on any atom is 0.280 e. The summed E-state index contributed by atoms with van der Waals surface area (Å²) in [5.41, 5.74) is 1.81. The van der Waals surface area contributed by atoms with Gasteiger partial charge in [0.25, 0.3) is 5.91 Å². The van der Waals surface area contributed by atoms with Gasteiger partial charge in [-0.2, -0.15) is 10.1 Å². The zero-order chi connectivity index (χ0) is 18.8. The molecule has 0 aromatic heterocycles. The number of carbonyl (C=O) groups is 2. The molecule has 2 aromatic rings. The van der Waals surface area contributed by atoms with E-state index in [9.17, 15) is 14.7 Å². The molecule has 2 aromatic carbocycles. The van der Waals surface area contributed by atoms with E-state index in [1.807, 2.05) is 12.1 Å². The van der Waals surface area contributed by atoms with E-state index in [1.165, 1.54) is 18.2 Å². The summed E-state index contributed by atoms with van der Waals surface area (Å²) >= 11 is 5.84. The number of carbonyl (C=O) groups excluding carboxylic acids is 2. The highest BCUT2D eigenvalue weighted by Gasteiger charge is 2.29. The Balaban J connectivity index is 1.97. The van der Waals surface area contributed by atoms with Crippen LogP contribution < -0.4 is 14.9 Å². The summed E-state index contributed by atoms with van der Waals surface area (Å²) in [5.74, 6) is -1.11. The Morgan fingerprint density at radius 2 is 2.04 bits per heavy atom. The normalized spacial score (nSPS) is 15.3. The van der Waals surface area contributed by atoms with Gasteiger partial charge < -0.3 is 14.6 Å². The predicted molar refractivity (Wildman–Crippen MR) is 97.3 cm³/mol. The Labute approximate surface area is 155 Å². The molecular formula is C19H14ClN2O4-. The van der Waals surface area contributed by atoms with Crippen molar-refractivity contribution in [3.05, 3.63) is 64.2 Å². The molecule has 0 saturated carbocycles. The molecule has 1 aliphatic heterocycles. The molecule has 0 aliphatic carbocycles. The number of anilines is 1. The van der Waals surface area contributed by atoms with Gasteiger partial charge in [-0.3, -0.25) is 4.79 Å². The second kappa shape index (κ2) is 7.01. The van der Waals surface area contributed by atoms with Gasteiger partial charge in [0.05, 0.1) is 30.1 Å². The second-order valence-electron chi connectivity index (χ2n) is 5.59. The third kappa shape index (κ3) is 3.32. The first kappa shape index (κ1) is 17.7. The Kier molecular flexibility index (Phi) is 4.77. The lowest BCUT2D eigenvalue weighted by Crippen LogP contribution is -2.25. The first-order valence-corrected chi connectivity index (χ1v) is 8.05. The van der Waals surface area contributed by atoms with Gasteiger partial charge in [0.15, 0.2) is 0 Å². The lowest BCUT2D eigenvalue weighted by atomic mass is 10.1. The Morgan fingerprint density at radius 3 is 2.73 bits per heavy atom. The van der Waals surface area contributed by atoms with Crippen molar-refractivity contribution >= 4 is 41.0 Å². The van der Waals surface area contributed by atoms with Gasteiger partial charge in [0.1, 0.15) is 5.75 Å². The van der Waals surface area contributed by atoms with Crippen LogP contribution in [0.3, 0.4) is 0 Å². The lowest BCUT2D eigenvalue weighted by molar-refractivity contribution is -0.255. The number of hydrogen-bond donors (Lipinski definition) is 0. The van der Waals surface area contributed by atoms with E-state index in [-0.39, 0.29) is 16.5 Å². The SMILES string of the molecule is COc1cccc(C=C2C(=O)N(c3ccc(Cl)c(C(=O)[O-])c3)N=C2C)c1. The molecule has 0 atom stereocenters. The molecule has 0 saturated heterocycles. The number of aromatic carboxylic acids is 1. The molecule has 7 heteroatoms. The van der Waals surface area contributed by atoms with E-state index >= 15 is 0 Å². The Hall–Kier alpha value is -3.12. The number of carboxylic acids is 1. The van der Waals surface area contributed by atoms with Gasteiger partial charge in [0.2, 0.25) is 0 Å². The third-order valence-electron chi connectivity index (χ3n) is 3.88. The molecule has 3 rings (SSSR count). The van der Waals surface area contributed by atoms with Crippen molar-refractivity contribution in [3.8, 4) is 5.75 Å². The van der Waals surface area contributed by atoms with Crippen LogP contribution in [0.5, 0.6) is 5.75 Å². The number of hydrogen-bond acceptors (Lipinski definition) is 5. The third-order valence-corrected chi connectivity index (χ3v) is 4.21. The average molecular weight is 370 g/mol. The van der Waals surface area contributed by atoms with Crippen LogP contribution in [0.2, 0.25) is 5.02 Å². The monoisotopic (exact) mass is 369 g/mol. The molecule has 0 radical (unpaired) electrons. The quantitative estimate of drug-likeness (QED) is 0.775. The molecule has 0 N–H and O–H groups in total. The number of amides is 1. The van der Waals surface area contributed by atoms with Crippen molar-refractivity contribution < 1.29 is 19.4 Å². The molecule has 1 aliphatic rings. The first-order valence-electron chi connectivity index (χ1n) is 7.67. The van der Waals surface area contributed by atoms with Gasteiger partial charge in [-0.1, -0.05) is 23.7 Å². The molecule has 0 fully saturated rings. The summed E-state index contributed by atoms with van der Waals surface area (Å²) in [6.07, 6.45) is 1.71. The van der Waals surface area contributed by atoms with Crippen LogP contribution in [0, 0.1) is 0 Å². The van der Waals surface area contributed by atoms with Crippen LogP contribution in [0.25, 0.3) is 6.08 Å². The van der Waals surface area contributed by atoms with Gasteiger partial charge in [0, 0.05) is 10.6 Å². The number of carboxylic acid groups (broad SMARTS) is 1. The highest BCUT2D eigenvalue weighted by Crippen LogP contribution is 2.28. The van der Waals surface area contributed by atoms with Gasteiger partial charge in [-0.15, -0.1) is 0 Å². The summed E-state index contributed by atoms with van der Waals surface area (Å²) in [7, 11) is 1.57. The molecule has 26 heavy (non-hydrogen) atoms. The number of benzene rings is 2. The van der Waals surface area contributed by atoms with Crippen molar-refractivity contribution in [3.63, 3.8) is 0 Å². The zero-order valence-corrected chi connectivity index (χ0v) is 14.8. The summed E-state index contributed by atoms with van der Waals surface area (Å²) in [5, 5.41) is 16.6. The van der Waals surface area contributed by atoms with E-state index in [4.69, 9.17) is 16.3 Å². The van der Waals surface area contributed by atoms with Crippen LogP contribution >= 0.6 is 11.6 Å². The molecule has 132 valence electrons. The summed E-state index contributed by atoms with van der Waals surface area (Å²) < 4.78 is 5.18. The van der Waals surface area contributed by atoms with Crippen LogP contribution in [0.1, 0.15) is 22.8 Å². The van der Waals surface area contributed by atoms with E-state index in [1.54, 1.807) is 32.2 Å². The Bertz CT molecular complexity index is 966. The highest BCUT2D eigenvalue weighted by atomic mass is 35.5. The van der Waals surface area contributed by atoms with E-state index < -0.39 is 5.97 Å². The van der Waals surface area contributed by atoms with Gasteiger partial charge >= 0.3 is 0 Å². The van der Waals surface area contributed by atoms with Crippen LogP contribution in [-0.2, 0) is 4.79 Å². The maximum absolute atomic E-state index is 12.8. The maximum atomic E-state index is 12.8. The number of rotatable bonds is 4. The largest absolute Gasteiger partial charge is 0.545 e. The van der Waals surface area contributed by atoms with E-state index in [2.05, 4.69) is 5.10 Å². The standard InChI is InChI=1S/C19H15ClN2O4/c1-11-15(9-12-4-3-5-14(8-12)26-2)18(23)22(21-11)13-6-7-17(20)16(10-13)19(24)25/h3-10H,1-2H3,(H,24,25)/p-1. The molecule has 1 heterocycles. The molecule has 0 bridgehead atoms. The van der Waals surface area contributed by atoms with Crippen molar-refractivity contribution in [1.29, 1.82) is 0 Å². The molecule has 0 spiro atoms. The fourth-order valence-electron chi connectivity index (χ4n) is 2.56. The van der Waals surface area contributed by atoms with Crippen molar-refractivity contribution in [2.45, 2.75) is 6.92 Å². The average Bonchev–Trinajstić information content (AvgIpc) is 2.90. The number of halogens is 1. The van der Waals surface area contributed by atoms with Crippen molar-refractivity contribution in [1.82, 2.24) is 0 Å². The van der Waals surface area contributed by atoms with Gasteiger partial charge in [-0.05, 0) is 48.9 Å². The molecule has 6 nitrogen and oxygen atoms in total. The van der Waals surface area contributed by atoms with Gasteiger partial charge in [-0.25, -0.2) is 0 Å². The van der Waals surface area contributed by atoms with E-state index in [0.717, 1.165) is 10.6 Å². The van der Waals surface area contributed by atoms with Crippen LogP contribution in [-0.4, -0.2) is 24.7 Å². The number of hydrazone groups is 1. The fraction of sp³-hybridized carbons (Fsp3) is 0.105. The van der Waals surface area contributed by atoms with Crippen LogP contribution in [0.15, 0.2) is 53.1 Å². The van der Waals surface area contributed by atoms with Crippen molar-refractivity contribution in [2.75, 3.05) is 12.1 Å². The zero-order valence-electron chi connectivity index (χ0n) is 14.0. The Morgan fingerprint density at radius 1 is 1.27 bits per heavy atom. The van der Waals surface area contributed by atoms with Crippen molar-refractivity contribution in [2.24, 2.45) is 5.10 Å². The number of nitrogens with zero attached hydrogens (tertiary/aromatic N) is 2. The minimum atomic E-state index is -1.42. The smallest absolute Gasteiger partial charge is 0.280 e. The number of ether oxygens (including phenoxy) is 1. The number of methoxy groups -OCH3 is 1. The van der Waals surface area contributed by atoms with Crippen LogP contribution in [0.4, 0.5) is 5.69 Å². The molecule has 1 amide bonds. The summed E-state index contributed by atoms with van der Waals surface area (Å²) in [6.45, 7) is 1.71. The first-order chi connectivity index (χ1) is 12.4. The van der Waals surface area contributed by atoms with E-state index in [0.29, 0.717) is 22.7 Å². The fourth-order valence-corrected chi connectivity index (χ4v) is 2.75. The summed E-state index contributed by atoms with van der Waals surface area (Å²) in [4.78, 5) is 23.9.